The maximum atomic E-state index is 13.6. The van der Waals surface area contributed by atoms with Crippen LogP contribution in [0.2, 0.25) is 0 Å². The molecule has 0 N–H and O–H groups in total. The Kier molecular flexibility index (Phi) is 2.43. The van der Waals surface area contributed by atoms with Crippen LogP contribution in [-0.2, 0) is 5.92 Å². The highest BCUT2D eigenvalue weighted by Crippen LogP contribution is 2.35. The molecule has 0 aromatic heterocycles. The van der Waals surface area contributed by atoms with Gasteiger partial charge in [-0.3, -0.25) is 0 Å². The van der Waals surface area contributed by atoms with E-state index in [1.807, 2.05) is 18.2 Å². The zero-order valence-corrected chi connectivity index (χ0v) is 8.50. The quantitative estimate of drug-likeness (QED) is 0.685. The van der Waals surface area contributed by atoms with Crippen molar-refractivity contribution < 1.29 is 8.78 Å². The van der Waals surface area contributed by atoms with Gasteiger partial charge in [0.15, 0.2) is 0 Å². The molecule has 0 nitrogen and oxygen atoms in total. The summed E-state index contributed by atoms with van der Waals surface area (Å²) in [4.78, 5) is 0. The first-order chi connectivity index (χ1) is 7.15. The fraction of sp³-hybridized carbons (Fsp3) is 0.231. The van der Waals surface area contributed by atoms with Crippen LogP contribution in [0.1, 0.15) is 18.9 Å². The molecule has 2 heteroatoms. The summed E-state index contributed by atoms with van der Waals surface area (Å²) in [6.45, 7) is 1.50. The average molecular weight is 206 g/mol. The van der Waals surface area contributed by atoms with Gasteiger partial charge in [-0.1, -0.05) is 49.4 Å². The van der Waals surface area contributed by atoms with Crippen LogP contribution in [0.3, 0.4) is 0 Å². The van der Waals surface area contributed by atoms with Crippen LogP contribution in [0.15, 0.2) is 42.5 Å². The van der Waals surface area contributed by atoms with Crippen LogP contribution in [0.5, 0.6) is 0 Å². The van der Waals surface area contributed by atoms with Crippen LogP contribution >= 0.6 is 0 Å². The number of halogens is 2. The van der Waals surface area contributed by atoms with E-state index in [4.69, 9.17) is 0 Å². The van der Waals surface area contributed by atoms with Crippen molar-refractivity contribution in [2.45, 2.75) is 19.3 Å². The first kappa shape index (κ1) is 10.1. The summed E-state index contributed by atoms with van der Waals surface area (Å²) in [6.07, 6.45) is -0.166. The Balaban J connectivity index is 2.71. The van der Waals surface area contributed by atoms with Crippen molar-refractivity contribution in [2.24, 2.45) is 0 Å². The Morgan fingerprint density at radius 1 is 1.00 bits per heavy atom. The lowest BCUT2D eigenvalue weighted by Crippen LogP contribution is -2.11. The second kappa shape index (κ2) is 3.61. The van der Waals surface area contributed by atoms with E-state index in [9.17, 15) is 8.78 Å². The Hall–Kier alpha value is -1.44. The van der Waals surface area contributed by atoms with Crippen LogP contribution in [0, 0.1) is 0 Å². The van der Waals surface area contributed by atoms with E-state index >= 15 is 0 Å². The monoisotopic (exact) mass is 206 g/mol. The van der Waals surface area contributed by atoms with E-state index in [2.05, 4.69) is 0 Å². The third kappa shape index (κ3) is 1.72. The maximum Gasteiger partial charge on any atom is 0.273 e. The predicted molar refractivity (Wildman–Crippen MR) is 58.1 cm³/mol. The van der Waals surface area contributed by atoms with E-state index in [1.54, 1.807) is 18.2 Å². The zero-order valence-electron chi connectivity index (χ0n) is 8.50. The standard InChI is InChI=1S/C13H12F2/c1-2-13(14,15)12-9-5-7-10-6-3-4-8-11(10)12/h3-9H,2H2,1H3. The minimum absolute atomic E-state index is 0.128. The second-order valence-electron chi connectivity index (χ2n) is 3.58. The molecular formula is C13H12F2. The fourth-order valence-corrected chi connectivity index (χ4v) is 1.73. The zero-order chi connectivity index (χ0) is 10.9. The van der Waals surface area contributed by atoms with Gasteiger partial charge in [-0.2, -0.15) is 0 Å². The van der Waals surface area contributed by atoms with Crippen LogP contribution in [-0.4, -0.2) is 0 Å². The summed E-state index contributed by atoms with van der Waals surface area (Å²) in [5, 5.41) is 1.51. The van der Waals surface area contributed by atoms with Gasteiger partial charge in [0.05, 0.1) is 0 Å². The molecule has 0 fully saturated rings. The van der Waals surface area contributed by atoms with Crippen molar-refractivity contribution in [1.82, 2.24) is 0 Å². The van der Waals surface area contributed by atoms with Gasteiger partial charge in [-0.05, 0) is 10.8 Å². The fourth-order valence-electron chi connectivity index (χ4n) is 1.73. The van der Waals surface area contributed by atoms with Crippen LogP contribution in [0.25, 0.3) is 10.8 Å². The largest absolute Gasteiger partial charge is 0.273 e. The molecule has 0 bridgehead atoms. The van der Waals surface area contributed by atoms with Gasteiger partial charge in [0.1, 0.15) is 0 Å². The molecule has 0 radical (unpaired) electrons. The van der Waals surface area contributed by atoms with E-state index in [0.29, 0.717) is 5.39 Å². The third-order valence-electron chi connectivity index (χ3n) is 2.63. The number of hydrogen-bond donors (Lipinski definition) is 0. The van der Waals surface area contributed by atoms with Gasteiger partial charge >= 0.3 is 0 Å². The lowest BCUT2D eigenvalue weighted by atomic mass is 9.98. The second-order valence-corrected chi connectivity index (χ2v) is 3.58. The lowest BCUT2D eigenvalue weighted by Gasteiger charge is -2.16. The molecule has 0 aliphatic carbocycles. The molecule has 0 unspecified atom stereocenters. The van der Waals surface area contributed by atoms with E-state index in [1.165, 1.54) is 13.0 Å². The van der Waals surface area contributed by atoms with Gasteiger partial charge < -0.3 is 0 Å². The summed E-state index contributed by atoms with van der Waals surface area (Å²) in [5.41, 5.74) is 0.128. The Morgan fingerprint density at radius 2 is 1.67 bits per heavy atom. The number of hydrogen-bond acceptors (Lipinski definition) is 0. The smallest absolute Gasteiger partial charge is 0.201 e. The van der Waals surface area contributed by atoms with Crippen molar-refractivity contribution in [3.63, 3.8) is 0 Å². The molecule has 2 aromatic carbocycles. The number of rotatable bonds is 2. The highest BCUT2D eigenvalue weighted by Gasteiger charge is 2.30. The maximum absolute atomic E-state index is 13.6. The number of benzene rings is 2. The van der Waals surface area contributed by atoms with Gasteiger partial charge in [-0.15, -0.1) is 0 Å². The summed E-state index contributed by atoms with van der Waals surface area (Å²) in [6, 6.07) is 12.3. The normalized spacial score (nSPS) is 11.9. The SMILES string of the molecule is CCC(F)(F)c1cccc2ccccc12. The van der Waals surface area contributed by atoms with Crippen LogP contribution in [0.4, 0.5) is 8.78 Å². The minimum atomic E-state index is -2.74. The van der Waals surface area contributed by atoms with E-state index < -0.39 is 5.92 Å². The van der Waals surface area contributed by atoms with Gasteiger partial charge in [0, 0.05) is 12.0 Å². The molecule has 0 saturated carbocycles. The van der Waals surface area contributed by atoms with Crippen molar-refractivity contribution in [3.8, 4) is 0 Å². The van der Waals surface area contributed by atoms with Crippen LogP contribution < -0.4 is 0 Å². The molecule has 0 saturated heterocycles. The molecule has 0 aliphatic heterocycles. The van der Waals surface area contributed by atoms with E-state index in [-0.39, 0.29) is 12.0 Å². The molecule has 0 atom stereocenters. The highest BCUT2D eigenvalue weighted by molar-refractivity contribution is 5.86. The summed E-state index contributed by atoms with van der Waals surface area (Å²) < 4.78 is 27.2. The Morgan fingerprint density at radius 3 is 2.40 bits per heavy atom. The Labute approximate surface area is 87.5 Å². The number of alkyl halides is 2. The summed E-state index contributed by atoms with van der Waals surface area (Å²) in [5.74, 6) is -2.74. The molecule has 2 aromatic rings. The van der Waals surface area contributed by atoms with Crippen molar-refractivity contribution in [3.05, 3.63) is 48.0 Å². The summed E-state index contributed by atoms with van der Waals surface area (Å²) in [7, 11) is 0. The first-order valence-corrected chi connectivity index (χ1v) is 5.01. The van der Waals surface area contributed by atoms with Crippen molar-refractivity contribution in [2.75, 3.05) is 0 Å². The molecule has 0 spiro atoms. The Bertz CT molecular complexity index is 469. The molecule has 2 rings (SSSR count). The molecule has 78 valence electrons. The van der Waals surface area contributed by atoms with E-state index in [0.717, 1.165) is 5.39 Å². The molecule has 0 amide bonds. The highest BCUT2D eigenvalue weighted by atomic mass is 19.3. The molecule has 0 heterocycles. The summed E-state index contributed by atoms with van der Waals surface area (Å²) >= 11 is 0. The molecular weight excluding hydrogens is 194 g/mol. The van der Waals surface area contributed by atoms with Gasteiger partial charge in [-0.25, -0.2) is 8.78 Å². The first-order valence-electron chi connectivity index (χ1n) is 5.01. The topological polar surface area (TPSA) is 0 Å². The molecule has 0 aliphatic rings. The van der Waals surface area contributed by atoms with Crippen molar-refractivity contribution >= 4 is 10.8 Å². The van der Waals surface area contributed by atoms with Gasteiger partial charge in [0.25, 0.3) is 5.92 Å². The minimum Gasteiger partial charge on any atom is -0.201 e. The average Bonchev–Trinajstić information content (AvgIpc) is 2.28. The molecule has 15 heavy (non-hydrogen) atoms. The third-order valence-corrected chi connectivity index (χ3v) is 2.63. The van der Waals surface area contributed by atoms with Crippen molar-refractivity contribution in [1.29, 1.82) is 0 Å². The van der Waals surface area contributed by atoms with Gasteiger partial charge in [0.2, 0.25) is 0 Å². The number of fused-ring (bicyclic) bond motifs is 1. The lowest BCUT2D eigenvalue weighted by molar-refractivity contribution is -0.00672. The predicted octanol–water partition coefficient (Wildman–Crippen LogP) is 4.34.